The molecule has 0 spiro atoms. The predicted molar refractivity (Wildman–Crippen MR) is 102 cm³/mol. The zero-order valence-corrected chi connectivity index (χ0v) is 15.5. The third-order valence-electron chi connectivity index (χ3n) is 4.31. The van der Waals surface area contributed by atoms with Crippen molar-refractivity contribution in [2.24, 2.45) is 12.1 Å². The highest BCUT2D eigenvalue weighted by molar-refractivity contribution is 6.35. The number of fused-ring (bicyclic) bond motifs is 3. The molecule has 1 N–H and O–H groups in total. The maximum absolute atomic E-state index is 13.1. The molecule has 3 aromatic rings. The quantitative estimate of drug-likeness (QED) is 0.722. The van der Waals surface area contributed by atoms with Crippen LogP contribution in [-0.2, 0) is 20.1 Å². The SMILES string of the molecule is CC1=NNc2nc3c(c(=O)n(Cc4ccc(Cl)cc4Cl)c(=O)n3C)n2C1. The number of nitrogens with zero attached hydrogens (tertiary/aromatic N) is 5. The van der Waals surface area contributed by atoms with Crippen LogP contribution >= 0.6 is 23.2 Å². The summed E-state index contributed by atoms with van der Waals surface area (Å²) in [6.07, 6.45) is 0. The molecular formula is C16H14Cl2N6O2. The first-order valence-electron chi connectivity index (χ1n) is 7.80. The van der Waals surface area contributed by atoms with E-state index in [1.54, 1.807) is 29.8 Å². The summed E-state index contributed by atoms with van der Waals surface area (Å²) in [5.41, 5.74) is 3.99. The third-order valence-corrected chi connectivity index (χ3v) is 4.90. The maximum Gasteiger partial charge on any atom is 0.332 e. The van der Waals surface area contributed by atoms with Gasteiger partial charge in [-0.25, -0.2) is 10.2 Å². The van der Waals surface area contributed by atoms with E-state index in [9.17, 15) is 9.59 Å². The summed E-state index contributed by atoms with van der Waals surface area (Å²) < 4.78 is 4.22. The zero-order chi connectivity index (χ0) is 18.6. The number of benzene rings is 1. The molecular weight excluding hydrogens is 379 g/mol. The normalized spacial score (nSPS) is 13.5. The van der Waals surface area contributed by atoms with Gasteiger partial charge in [-0.3, -0.25) is 18.5 Å². The fourth-order valence-corrected chi connectivity index (χ4v) is 3.45. The van der Waals surface area contributed by atoms with Crippen LogP contribution in [0.5, 0.6) is 0 Å². The summed E-state index contributed by atoms with van der Waals surface area (Å²) in [6.45, 7) is 2.31. The Hall–Kier alpha value is -2.58. The summed E-state index contributed by atoms with van der Waals surface area (Å²) in [4.78, 5) is 30.1. The van der Waals surface area contributed by atoms with Gasteiger partial charge in [-0.2, -0.15) is 10.1 Å². The molecule has 1 aromatic carbocycles. The van der Waals surface area contributed by atoms with E-state index in [1.807, 2.05) is 6.92 Å². The second-order valence-electron chi connectivity index (χ2n) is 6.12. The maximum atomic E-state index is 13.1. The molecule has 0 saturated heterocycles. The van der Waals surface area contributed by atoms with Crippen molar-refractivity contribution in [3.05, 3.63) is 54.6 Å². The minimum absolute atomic E-state index is 0.0401. The number of rotatable bonds is 2. The van der Waals surface area contributed by atoms with Gasteiger partial charge in [-0.1, -0.05) is 29.3 Å². The molecule has 1 aliphatic rings. The second-order valence-corrected chi connectivity index (χ2v) is 6.96. The highest BCUT2D eigenvalue weighted by atomic mass is 35.5. The Morgan fingerprint density at radius 3 is 2.77 bits per heavy atom. The zero-order valence-electron chi connectivity index (χ0n) is 14.0. The summed E-state index contributed by atoms with van der Waals surface area (Å²) in [5, 5.41) is 5.00. The molecule has 3 heterocycles. The number of aryl methyl sites for hydroxylation is 1. The topological polar surface area (TPSA) is 86.2 Å². The molecule has 0 bridgehead atoms. The van der Waals surface area contributed by atoms with E-state index >= 15 is 0 Å². The molecule has 0 atom stereocenters. The lowest BCUT2D eigenvalue weighted by Gasteiger charge is -2.14. The van der Waals surface area contributed by atoms with Crippen LogP contribution in [0.3, 0.4) is 0 Å². The Morgan fingerprint density at radius 2 is 2.04 bits per heavy atom. The average Bonchev–Trinajstić information content (AvgIpc) is 2.97. The van der Waals surface area contributed by atoms with Crippen molar-refractivity contribution in [3.8, 4) is 0 Å². The van der Waals surface area contributed by atoms with E-state index in [4.69, 9.17) is 23.2 Å². The number of aromatic nitrogens is 4. The first kappa shape index (κ1) is 16.9. The molecule has 0 radical (unpaired) electrons. The molecule has 0 saturated carbocycles. The summed E-state index contributed by atoms with van der Waals surface area (Å²) in [7, 11) is 1.58. The van der Waals surface area contributed by atoms with Crippen LogP contribution in [0.4, 0.5) is 5.95 Å². The molecule has 0 fully saturated rings. The lowest BCUT2D eigenvalue weighted by molar-refractivity contribution is 0.654. The van der Waals surface area contributed by atoms with Gasteiger partial charge in [0.15, 0.2) is 11.2 Å². The van der Waals surface area contributed by atoms with Crippen LogP contribution in [0.2, 0.25) is 10.0 Å². The Balaban J connectivity index is 1.95. The number of nitrogens with one attached hydrogen (secondary N) is 1. The van der Waals surface area contributed by atoms with Gasteiger partial charge in [0.25, 0.3) is 5.56 Å². The molecule has 1 aliphatic heterocycles. The standard InChI is InChI=1S/C16H14Cl2N6O2/c1-8-6-23-12-13(19-15(23)21-20-8)22(2)16(26)24(14(12)25)7-9-3-4-10(17)5-11(9)18/h3-5H,6-7H2,1-2H3,(H,19,21). The van der Waals surface area contributed by atoms with E-state index in [0.717, 1.165) is 10.3 Å². The predicted octanol–water partition coefficient (Wildman–Crippen LogP) is 2.05. The average molecular weight is 393 g/mol. The second kappa shape index (κ2) is 6.00. The number of imidazole rings is 1. The number of hydrogen-bond donors (Lipinski definition) is 1. The van der Waals surface area contributed by atoms with E-state index in [2.05, 4.69) is 15.5 Å². The van der Waals surface area contributed by atoms with Crippen molar-refractivity contribution in [3.63, 3.8) is 0 Å². The summed E-state index contributed by atoms with van der Waals surface area (Å²) in [6, 6.07) is 4.95. The van der Waals surface area contributed by atoms with Crippen LogP contribution in [0.1, 0.15) is 12.5 Å². The smallest absolute Gasteiger partial charge is 0.297 e. The van der Waals surface area contributed by atoms with E-state index in [0.29, 0.717) is 39.3 Å². The van der Waals surface area contributed by atoms with Crippen LogP contribution in [-0.4, -0.2) is 24.4 Å². The number of halogens is 2. The van der Waals surface area contributed by atoms with Crippen LogP contribution in [0, 0.1) is 0 Å². The highest BCUT2D eigenvalue weighted by Gasteiger charge is 2.22. The van der Waals surface area contributed by atoms with Crippen molar-refractivity contribution in [1.82, 2.24) is 18.7 Å². The van der Waals surface area contributed by atoms with Gasteiger partial charge >= 0.3 is 5.69 Å². The molecule has 0 unspecified atom stereocenters. The lowest BCUT2D eigenvalue weighted by atomic mass is 10.2. The molecule has 8 nitrogen and oxygen atoms in total. The molecule has 134 valence electrons. The fourth-order valence-electron chi connectivity index (χ4n) is 2.98. The molecule has 4 rings (SSSR count). The van der Waals surface area contributed by atoms with Crippen LogP contribution in [0.15, 0.2) is 32.9 Å². The Kier molecular flexibility index (Phi) is 3.89. The minimum Gasteiger partial charge on any atom is -0.297 e. The fraction of sp³-hybridized carbons (Fsp3) is 0.250. The largest absolute Gasteiger partial charge is 0.332 e. The highest BCUT2D eigenvalue weighted by Crippen LogP contribution is 2.22. The van der Waals surface area contributed by atoms with E-state index in [1.165, 1.54) is 4.57 Å². The van der Waals surface area contributed by atoms with Crippen molar-refractivity contribution in [2.75, 3.05) is 5.43 Å². The van der Waals surface area contributed by atoms with Crippen molar-refractivity contribution in [1.29, 1.82) is 0 Å². The number of hydrogen-bond acceptors (Lipinski definition) is 5. The number of anilines is 1. The molecule has 2 aromatic heterocycles. The minimum atomic E-state index is -0.471. The Bertz CT molecular complexity index is 1200. The van der Waals surface area contributed by atoms with Gasteiger partial charge in [-0.15, -0.1) is 0 Å². The van der Waals surface area contributed by atoms with E-state index in [-0.39, 0.29) is 6.54 Å². The molecule has 0 amide bonds. The van der Waals surface area contributed by atoms with Gasteiger partial charge in [0.2, 0.25) is 5.95 Å². The van der Waals surface area contributed by atoms with Gasteiger partial charge in [0.05, 0.1) is 18.8 Å². The van der Waals surface area contributed by atoms with Gasteiger partial charge in [-0.05, 0) is 24.6 Å². The van der Waals surface area contributed by atoms with Crippen LogP contribution < -0.4 is 16.7 Å². The first-order valence-corrected chi connectivity index (χ1v) is 8.55. The lowest BCUT2D eigenvalue weighted by Crippen LogP contribution is -2.40. The number of hydrazone groups is 1. The summed E-state index contributed by atoms with van der Waals surface area (Å²) in [5.74, 6) is 0.431. The van der Waals surface area contributed by atoms with Gasteiger partial charge in [0.1, 0.15) is 0 Å². The van der Waals surface area contributed by atoms with Gasteiger partial charge < -0.3 is 0 Å². The third kappa shape index (κ3) is 2.53. The van der Waals surface area contributed by atoms with Crippen LogP contribution in [0.25, 0.3) is 11.2 Å². The molecule has 0 aliphatic carbocycles. The molecule has 10 heteroatoms. The first-order chi connectivity index (χ1) is 12.4. The van der Waals surface area contributed by atoms with Crippen molar-refractivity contribution in [2.45, 2.75) is 20.0 Å². The van der Waals surface area contributed by atoms with Crippen molar-refractivity contribution >= 4 is 46.0 Å². The monoisotopic (exact) mass is 392 g/mol. The Morgan fingerprint density at radius 1 is 1.27 bits per heavy atom. The summed E-state index contributed by atoms with van der Waals surface area (Å²) >= 11 is 12.1. The Labute approximate surface area is 157 Å². The van der Waals surface area contributed by atoms with Crippen molar-refractivity contribution < 1.29 is 0 Å². The van der Waals surface area contributed by atoms with Gasteiger partial charge in [0, 0.05) is 17.1 Å². The van der Waals surface area contributed by atoms with E-state index < -0.39 is 11.2 Å². The molecule has 26 heavy (non-hydrogen) atoms.